The highest BCUT2D eigenvalue weighted by Crippen LogP contribution is 2.35. The largest absolute Gasteiger partial charge is 0.385 e. The molecule has 0 aromatic heterocycles. The first-order chi connectivity index (χ1) is 8.58. The SMILES string of the molecule is [2H]C1([2H])CC([2H])(O)C(=O)C(N)(c2ccccc2Cl)C1. The Morgan fingerprint density at radius 2 is 2.31 bits per heavy atom. The molecular weight excluding hydrogens is 226 g/mol. The molecule has 0 aliphatic heterocycles. The third-order valence-electron chi connectivity index (χ3n) is 2.72. The fraction of sp³-hybridized carbons (Fsp3) is 0.417. The molecule has 1 aliphatic carbocycles. The summed E-state index contributed by atoms with van der Waals surface area (Å²) in [4.78, 5) is 12.2. The highest BCUT2D eigenvalue weighted by Gasteiger charge is 2.43. The lowest BCUT2D eigenvalue weighted by Gasteiger charge is -2.35. The number of Topliss-reactive ketones (excluding diaryl/α,β-unsaturated/α-hetero) is 1. The average molecular weight is 243 g/mol. The predicted molar refractivity (Wildman–Crippen MR) is 62.2 cm³/mol. The van der Waals surface area contributed by atoms with Gasteiger partial charge in [0.15, 0.2) is 5.78 Å². The first-order valence-corrected chi connectivity index (χ1v) is 5.27. The van der Waals surface area contributed by atoms with E-state index in [-0.39, 0.29) is 17.0 Å². The molecule has 0 saturated heterocycles. The number of aliphatic hydroxyl groups is 1. The van der Waals surface area contributed by atoms with E-state index in [0.717, 1.165) is 0 Å². The van der Waals surface area contributed by atoms with E-state index in [4.69, 9.17) is 21.4 Å². The van der Waals surface area contributed by atoms with Crippen LogP contribution in [0.25, 0.3) is 0 Å². The smallest absolute Gasteiger partial charge is 0.185 e. The van der Waals surface area contributed by atoms with Gasteiger partial charge in [0.1, 0.15) is 11.6 Å². The van der Waals surface area contributed by atoms with Gasteiger partial charge in [-0.25, -0.2) is 0 Å². The zero-order valence-corrected chi connectivity index (χ0v) is 9.29. The summed E-state index contributed by atoms with van der Waals surface area (Å²) in [5.41, 5.74) is 4.46. The first kappa shape index (κ1) is 8.23. The minimum Gasteiger partial charge on any atom is -0.385 e. The highest BCUT2D eigenvalue weighted by atomic mass is 35.5. The van der Waals surface area contributed by atoms with Crippen LogP contribution >= 0.6 is 11.6 Å². The Hall–Kier alpha value is -0.900. The maximum absolute atomic E-state index is 12.2. The molecule has 1 aliphatic rings. The number of benzene rings is 1. The van der Waals surface area contributed by atoms with Gasteiger partial charge in [-0.15, -0.1) is 0 Å². The summed E-state index contributed by atoms with van der Waals surface area (Å²) in [6.45, 7) is 0. The zero-order valence-electron chi connectivity index (χ0n) is 11.5. The summed E-state index contributed by atoms with van der Waals surface area (Å²) in [5.74, 6) is -0.928. The minimum absolute atomic E-state index is 0.215. The highest BCUT2D eigenvalue weighted by molar-refractivity contribution is 6.31. The van der Waals surface area contributed by atoms with Crippen LogP contribution in [0.2, 0.25) is 5.02 Å². The van der Waals surface area contributed by atoms with Crippen LogP contribution in [0, 0.1) is 0 Å². The Morgan fingerprint density at radius 1 is 1.62 bits per heavy atom. The fourth-order valence-corrected chi connectivity index (χ4v) is 2.14. The minimum atomic E-state index is -2.55. The number of nitrogens with two attached hydrogens (primary N) is 1. The molecule has 0 spiro atoms. The molecule has 3 N–H and O–H groups in total. The van der Waals surface area contributed by atoms with Gasteiger partial charge in [0.25, 0.3) is 0 Å². The quantitative estimate of drug-likeness (QED) is 0.787. The Labute approximate surface area is 103 Å². The molecule has 0 radical (unpaired) electrons. The van der Waals surface area contributed by atoms with Crippen molar-refractivity contribution in [1.82, 2.24) is 0 Å². The number of ketones is 1. The molecule has 1 saturated carbocycles. The molecule has 86 valence electrons. The summed E-state index contributed by atoms with van der Waals surface area (Å²) in [5, 5.41) is 10.0. The molecule has 0 heterocycles. The van der Waals surface area contributed by atoms with Crippen LogP contribution in [-0.2, 0) is 10.3 Å². The Morgan fingerprint density at radius 3 is 3.00 bits per heavy atom. The summed E-state index contributed by atoms with van der Waals surface area (Å²) in [6, 6.07) is 6.32. The van der Waals surface area contributed by atoms with Gasteiger partial charge in [-0.05, 0) is 30.8 Å². The van der Waals surface area contributed by atoms with E-state index >= 15 is 0 Å². The maximum Gasteiger partial charge on any atom is 0.185 e. The monoisotopic (exact) mass is 242 g/mol. The van der Waals surface area contributed by atoms with Crippen molar-refractivity contribution >= 4 is 17.4 Å². The maximum atomic E-state index is 12.2. The van der Waals surface area contributed by atoms with E-state index < -0.39 is 30.2 Å². The molecule has 16 heavy (non-hydrogen) atoms. The van der Waals surface area contributed by atoms with Gasteiger partial charge in [0.2, 0.25) is 0 Å². The second-order valence-electron chi connectivity index (χ2n) is 3.83. The van der Waals surface area contributed by atoms with Crippen molar-refractivity contribution in [2.45, 2.75) is 30.8 Å². The fourth-order valence-electron chi connectivity index (χ4n) is 1.84. The number of hydrogen-bond donors (Lipinski definition) is 2. The topological polar surface area (TPSA) is 63.3 Å². The van der Waals surface area contributed by atoms with Crippen molar-refractivity contribution in [2.24, 2.45) is 5.73 Å². The van der Waals surface area contributed by atoms with Gasteiger partial charge in [0.05, 0.1) is 1.37 Å². The van der Waals surface area contributed by atoms with Crippen LogP contribution in [0.15, 0.2) is 24.3 Å². The Bertz CT molecular complexity index is 535. The van der Waals surface area contributed by atoms with E-state index in [9.17, 15) is 9.90 Å². The third-order valence-corrected chi connectivity index (χ3v) is 3.05. The molecule has 1 fully saturated rings. The zero-order chi connectivity index (χ0) is 14.5. The normalized spacial score (nSPS) is 40.9. The number of hydrogen-bond acceptors (Lipinski definition) is 3. The molecule has 3 nitrogen and oxygen atoms in total. The summed E-state index contributed by atoms with van der Waals surface area (Å²) in [7, 11) is 0. The molecule has 0 bridgehead atoms. The van der Waals surface area contributed by atoms with Crippen LogP contribution in [-0.4, -0.2) is 17.0 Å². The van der Waals surface area contributed by atoms with Crippen LogP contribution in [0.1, 0.15) is 28.9 Å². The molecule has 0 amide bonds. The lowest BCUT2D eigenvalue weighted by atomic mass is 9.75. The van der Waals surface area contributed by atoms with Gasteiger partial charge in [-0.2, -0.15) is 0 Å². The van der Waals surface area contributed by atoms with Crippen molar-refractivity contribution in [3.8, 4) is 0 Å². The van der Waals surface area contributed by atoms with Crippen LogP contribution < -0.4 is 5.73 Å². The van der Waals surface area contributed by atoms with Gasteiger partial charge < -0.3 is 10.8 Å². The standard InChI is InChI=1S/C12H14ClNO2/c13-9-5-2-1-4-8(9)12(14)7-3-6-10(15)11(12)16/h1-2,4-5,10,15H,3,6-7,14H2/i3D2,10D. The summed E-state index contributed by atoms with van der Waals surface area (Å²) in [6.07, 6.45) is -5.38. The van der Waals surface area contributed by atoms with Crippen molar-refractivity contribution in [1.29, 1.82) is 0 Å². The second kappa shape index (κ2) is 4.17. The van der Waals surface area contributed by atoms with Gasteiger partial charge in [-0.3, -0.25) is 4.79 Å². The number of carbonyl (C=O) groups is 1. The van der Waals surface area contributed by atoms with Gasteiger partial charge in [-0.1, -0.05) is 29.8 Å². The van der Waals surface area contributed by atoms with Crippen molar-refractivity contribution < 1.29 is 14.0 Å². The van der Waals surface area contributed by atoms with E-state index in [1.54, 1.807) is 12.1 Å². The van der Waals surface area contributed by atoms with Crippen molar-refractivity contribution in [3.63, 3.8) is 0 Å². The van der Waals surface area contributed by atoms with E-state index in [2.05, 4.69) is 0 Å². The van der Waals surface area contributed by atoms with Crippen molar-refractivity contribution in [2.75, 3.05) is 0 Å². The summed E-state index contributed by atoms with van der Waals surface area (Å²) >= 11 is 6.00. The van der Waals surface area contributed by atoms with Crippen molar-refractivity contribution in [3.05, 3.63) is 34.9 Å². The number of halogens is 1. The van der Waals surface area contributed by atoms with Gasteiger partial charge >= 0.3 is 0 Å². The lowest BCUT2D eigenvalue weighted by Crippen LogP contribution is -2.52. The molecule has 1 aromatic rings. The number of carbonyl (C=O) groups excluding carboxylic acids is 1. The summed E-state index contributed by atoms with van der Waals surface area (Å²) < 4.78 is 23.1. The molecule has 2 rings (SSSR count). The first-order valence-electron chi connectivity index (χ1n) is 6.40. The number of rotatable bonds is 1. The van der Waals surface area contributed by atoms with E-state index in [0.29, 0.717) is 0 Å². The molecule has 2 unspecified atom stereocenters. The molecule has 4 heteroatoms. The third kappa shape index (κ3) is 1.75. The predicted octanol–water partition coefficient (Wildman–Crippen LogP) is 1.61. The van der Waals surface area contributed by atoms with Crippen LogP contribution in [0.4, 0.5) is 0 Å². The Kier molecular flexibility index (Phi) is 2.14. The van der Waals surface area contributed by atoms with E-state index in [1.807, 2.05) is 0 Å². The molecule has 1 aromatic carbocycles. The second-order valence-corrected chi connectivity index (χ2v) is 4.24. The molecule has 2 atom stereocenters. The average Bonchev–Trinajstić information content (AvgIpc) is 2.24. The molecular formula is C12H14ClNO2. The van der Waals surface area contributed by atoms with Crippen LogP contribution in [0.5, 0.6) is 0 Å². The van der Waals surface area contributed by atoms with E-state index in [1.165, 1.54) is 12.1 Å². The Balaban J connectivity index is 2.58. The van der Waals surface area contributed by atoms with Gasteiger partial charge in [0, 0.05) is 7.76 Å². The lowest BCUT2D eigenvalue weighted by molar-refractivity contribution is -0.136. The van der Waals surface area contributed by atoms with Crippen LogP contribution in [0.3, 0.4) is 0 Å².